The van der Waals surface area contributed by atoms with Crippen LogP contribution in [0.5, 0.6) is 0 Å². The van der Waals surface area contributed by atoms with Gasteiger partial charge in [0.2, 0.25) is 0 Å². The minimum Gasteiger partial charge on any atom is -0.465 e. The molecule has 1 N–H and O–H groups in total. The third-order valence-electron chi connectivity index (χ3n) is 2.92. The molecule has 1 unspecified atom stereocenters. The molecule has 18 heavy (non-hydrogen) atoms. The molecule has 0 aromatic carbocycles. The lowest BCUT2D eigenvalue weighted by Crippen LogP contribution is -2.51. The molecule has 1 atom stereocenters. The first kappa shape index (κ1) is 14.7. The monoisotopic (exact) mass is 253 g/mol. The van der Waals surface area contributed by atoms with Gasteiger partial charge in [-0.25, -0.2) is 4.98 Å². The second-order valence-corrected chi connectivity index (χ2v) is 4.53. The number of esters is 1. The van der Waals surface area contributed by atoms with Gasteiger partial charge in [0.05, 0.1) is 12.9 Å². The molecule has 0 aliphatic heterocycles. The Hall–Kier alpha value is -1.36. The van der Waals surface area contributed by atoms with E-state index in [4.69, 9.17) is 4.74 Å². The molecular weight excluding hydrogens is 230 g/mol. The summed E-state index contributed by atoms with van der Waals surface area (Å²) in [4.78, 5) is 16.0. The summed E-state index contributed by atoms with van der Waals surface area (Å²) in [6, 6.07) is 0. The highest BCUT2D eigenvalue weighted by atomic mass is 16.5. The Morgan fingerprint density at radius 3 is 2.83 bits per heavy atom. The first-order valence-corrected chi connectivity index (χ1v) is 6.50. The van der Waals surface area contributed by atoms with Crippen molar-refractivity contribution in [3.63, 3.8) is 0 Å². The molecule has 5 nitrogen and oxygen atoms in total. The predicted octanol–water partition coefficient (Wildman–Crippen LogP) is 1.59. The zero-order valence-corrected chi connectivity index (χ0v) is 11.5. The van der Waals surface area contributed by atoms with Gasteiger partial charge in [0.25, 0.3) is 0 Å². The van der Waals surface area contributed by atoms with E-state index in [1.807, 2.05) is 24.6 Å². The minimum atomic E-state index is -0.629. The highest BCUT2D eigenvalue weighted by Crippen LogP contribution is 2.14. The Morgan fingerprint density at radius 2 is 2.28 bits per heavy atom. The molecule has 1 aromatic heterocycles. The SMILES string of the molecule is CCCNC(C)(CCn1ccnc1)C(=O)OCC. The summed E-state index contributed by atoms with van der Waals surface area (Å²) in [5, 5.41) is 3.28. The van der Waals surface area contributed by atoms with Crippen LogP contribution in [0.4, 0.5) is 0 Å². The fraction of sp³-hybridized carbons (Fsp3) is 0.692. The van der Waals surface area contributed by atoms with E-state index in [-0.39, 0.29) is 5.97 Å². The number of aromatic nitrogens is 2. The van der Waals surface area contributed by atoms with E-state index in [1.165, 1.54) is 0 Å². The number of aryl methyl sites for hydroxylation is 1. The Balaban J connectivity index is 2.61. The highest BCUT2D eigenvalue weighted by molar-refractivity contribution is 5.80. The number of carbonyl (C=O) groups excluding carboxylic acids is 1. The van der Waals surface area contributed by atoms with Gasteiger partial charge in [-0.2, -0.15) is 0 Å². The van der Waals surface area contributed by atoms with Gasteiger partial charge in [-0.3, -0.25) is 4.79 Å². The molecule has 0 saturated heterocycles. The summed E-state index contributed by atoms with van der Waals surface area (Å²) in [7, 11) is 0. The van der Waals surface area contributed by atoms with Crippen LogP contribution in [0.25, 0.3) is 0 Å². The van der Waals surface area contributed by atoms with Crippen LogP contribution in [0, 0.1) is 0 Å². The lowest BCUT2D eigenvalue weighted by molar-refractivity contribution is -0.151. The van der Waals surface area contributed by atoms with Crippen molar-refractivity contribution in [1.82, 2.24) is 14.9 Å². The van der Waals surface area contributed by atoms with Crippen molar-refractivity contribution in [2.45, 2.75) is 45.7 Å². The maximum Gasteiger partial charge on any atom is 0.326 e. The Bertz CT molecular complexity index is 351. The molecule has 0 radical (unpaired) electrons. The summed E-state index contributed by atoms with van der Waals surface area (Å²) in [5.74, 6) is -0.182. The normalized spacial score (nSPS) is 14.2. The van der Waals surface area contributed by atoms with Gasteiger partial charge in [-0.1, -0.05) is 6.92 Å². The molecule has 0 spiro atoms. The Morgan fingerprint density at radius 1 is 1.50 bits per heavy atom. The topological polar surface area (TPSA) is 56.2 Å². The van der Waals surface area contributed by atoms with Crippen LogP contribution >= 0.6 is 0 Å². The van der Waals surface area contributed by atoms with Gasteiger partial charge in [0.15, 0.2) is 0 Å². The minimum absolute atomic E-state index is 0.182. The third kappa shape index (κ3) is 4.14. The van der Waals surface area contributed by atoms with Crippen molar-refractivity contribution in [3.05, 3.63) is 18.7 Å². The zero-order chi connectivity index (χ0) is 13.4. The number of rotatable bonds is 8. The third-order valence-corrected chi connectivity index (χ3v) is 2.92. The number of ether oxygens (including phenoxy) is 1. The molecule has 1 heterocycles. The summed E-state index contributed by atoms with van der Waals surface area (Å²) in [5.41, 5.74) is -0.629. The second-order valence-electron chi connectivity index (χ2n) is 4.53. The number of imidazole rings is 1. The molecular formula is C13H23N3O2. The molecule has 0 saturated carbocycles. The zero-order valence-electron chi connectivity index (χ0n) is 11.5. The average Bonchev–Trinajstić information content (AvgIpc) is 2.87. The molecule has 5 heteroatoms. The lowest BCUT2D eigenvalue weighted by Gasteiger charge is -2.28. The standard InChI is InChI=1S/C13H23N3O2/c1-4-7-15-13(3,12(17)18-5-2)6-9-16-10-8-14-11-16/h8,10-11,15H,4-7,9H2,1-3H3. The van der Waals surface area contributed by atoms with Crippen LogP contribution in [0.1, 0.15) is 33.6 Å². The van der Waals surface area contributed by atoms with Crippen LogP contribution in [-0.4, -0.2) is 34.2 Å². The number of hydrogen-bond donors (Lipinski definition) is 1. The fourth-order valence-electron chi connectivity index (χ4n) is 1.73. The van der Waals surface area contributed by atoms with Gasteiger partial charge >= 0.3 is 5.97 Å². The average molecular weight is 253 g/mol. The predicted molar refractivity (Wildman–Crippen MR) is 70.2 cm³/mol. The maximum absolute atomic E-state index is 12.0. The molecule has 1 rings (SSSR count). The van der Waals surface area contributed by atoms with E-state index in [9.17, 15) is 4.79 Å². The fourth-order valence-corrected chi connectivity index (χ4v) is 1.73. The first-order chi connectivity index (χ1) is 8.62. The van der Waals surface area contributed by atoms with Crippen LogP contribution in [0.3, 0.4) is 0 Å². The maximum atomic E-state index is 12.0. The molecule has 0 aliphatic rings. The second kappa shape index (κ2) is 7.16. The van der Waals surface area contributed by atoms with Gasteiger partial charge in [0, 0.05) is 18.9 Å². The lowest BCUT2D eigenvalue weighted by atomic mass is 9.97. The first-order valence-electron chi connectivity index (χ1n) is 6.50. The van der Waals surface area contributed by atoms with Gasteiger partial charge in [0.1, 0.15) is 5.54 Å². The molecule has 0 fully saturated rings. The molecule has 102 valence electrons. The van der Waals surface area contributed by atoms with Crippen molar-refractivity contribution < 1.29 is 9.53 Å². The van der Waals surface area contributed by atoms with Crippen LogP contribution in [0.15, 0.2) is 18.7 Å². The Labute approximate surface area is 109 Å². The van der Waals surface area contributed by atoms with E-state index < -0.39 is 5.54 Å². The van der Waals surface area contributed by atoms with E-state index >= 15 is 0 Å². The van der Waals surface area contributed by atoms with Gasteiger partial charge in [-0.15, -0.1) is 0 Å². The van der Waals surface area contributed by atoms with Crippen LogP contribution < -0.4 is 5.32 Å². The van der Waals surface area contributed by atoms with Crippen molar-refractivity contribution >= 4 is 5.97 Å². The Kier molecular flexibility index (Phi) is 5.85. The number of carbonyl (C=O) groups is 1. The summed E-state index contributed by atoms with van der Waals surface area (Å²) >= 11 is 0. The highest BCUT2D eigenvalue weighted by Gasteiger charge is 2.33. The van der Waals surface area contributed by atoms with Gasteiger partial charge in [-0.05, 0) is 33.2 Å². The van der Waals surface area contributed by atoms with Crippen molar-refractivity contribution in [3.8, 4) is 0 Å². The quantitative estimate of drug-likeness (QED) is 0.715. The number of hydrogen-bond acceptors (Lipinski definition) is 4. The van der Waals surface area contributed by atoms with E-state index in [0.29, 0.717) is 13.0 Å². The number of nitrogens with zero attached hydrogens (tertiary/aromatic N) is 2. The molecule has 0 bridgehead atoms. The summed E-state index contributed by atoms with van der Waals surface area (Å²) < 4.78 is 7.11. The smallest absolute Gasteiger partial charge is 0.326 e. The van der Waals surface area contributed by atoms with E-state index in [0.717, 1.165) is 19.5 Å². The molecule has 1 aromatic rings. The van der Waals surface area contributed by atoms with E-state index in [1.54, 1.807) is 12.5 Å². The number of nitrogens with one attached hydrogen (secondary N) is 1. The molecule has 0 amide bonds. The largest absolute Gasteiger partial charge is 0.465 e. The van der Waals surface area contributed by atoms with E-state index in [2.05, 4.69) is 17.2 Å². The summed E-state index contributed by atoms with van der Waals surface area (Å²) in [6.45, 7) is 7.76. The van der Waals surface area contributed by atoms with Gasteiger partial charge < -0.3 is 14.6 Å². The van der Waals surface area contributed by atoms with Crippen LogP contribution in [-0.2, 0) is 16.1 Å². The van der Waals surface area contributed by atoms with Crippen molar-refractivity contribution in [1.29, 1.82) is 0 Å². The summed E-state index contributed by atoms with van der Waals surface area (Å²) in [6.07, 6.45) is 7.06. The molecule has 0 aliphatic carbocycles. The van der Waals surface area contributed by atoms with Crippen LogP contribution in [0.2, 0.25) is 0 Å². The van der Waals surface area contributed by atoms with Crippen molar-refractivity contribution in [2.24, 2.45) is 0 Å². The van der Waals surface area contributed by atoms with Crippen molar-refractivity contribution in [2.75, 3.05) is 13.2 Å².